The Morgan fingerprint density at radius 3 is 2.30 bits per heavy atom. The van der Waals surface area contributed by atoms with Crippen LogP contribution in [0.25, 0.3) is 0 Å². The van der Waals surface area contributed by atoms with Crippen molar-refractivity contribution in [3.8, 4) is 11.5 Å². The van der Waals surface area contributed by atoms with Crippen LogP contribution in [-0.2, 0) is 16.4 Å². The van der Waals surface area contributed by atoms with Crippen molar-refractivity contribution in [1.29, 1.82) is 5.41 Å². The van der Waals surface area contributed by atoms with Crippen LogP contribution in [0.1, 0.15) is 21.5 Å². The number of amidine groups is 1. The summed E-state index contributed by atoms with van der Waals surface area (Å²) in [4.78, 5) is 11.7. The van der Waals surface area contributed by atoms with Gasteiger partial charge in [-0.2, -0.15) is 0 Å². The summed E-state index contributed by atoms with van der Waals surface area (Å²) < 4.78 is 38.3. The third kappa shape index (κ3) is 6.01. The Bertz CT molecular complexity index is 1260. The van der Waals surface area contributed by atoms with Crippen LogP contribution < -0.4 is 19.9 Å². The standard InChI is InChI=1S/C23H23N3O6S/c1-31-18-7-9-19(10-8-18)33(29,30)26-17-6-11-21(20(14-17)23(27)28)32-13-12-15-2-4-16(5-3-15)22(24)25/h2-11,14,26H,12-13H2,1H3,(H3,24,25)(H,27,28). The first-order chi connectivity index (χ1) is 15.7. The average molecular weight is 470 g/mol. The van der Waals surface area contributed by atoms with Gasteiger partial charge in [0.05, 0.1) is 18.6 Å². The van der Waals surface area contributed by atoms with Gasteiger partial charge in [-0.3, -0.25) is 10.1 Å². The summed E-state index contributed by atoms with van der Waals surface area (Å²) in [5.74, 6) is -0.637. The summed E-state index contributed by atoms with van der Waals surface area (Å²) in [6, 6.07) is 16.9. The number of methoxy groups -OCH3 is 1. The minimum absolute atomic E-state index is 0.0105. The van der Waals surface area contributed by atoms with Gasteiger partial charge in [0.25, 0.3) is 10.0 Å². The number of ether oxygens (including phenoxy) is 2. The highest BCUT2D eigenvalue weighted by Crippen LogP contribution is 2.26. The Balaban J connectivity index is 1.70. The van der Waals surface area contributed by atoms with E-state index in [9.17, 15) is 18.3 Å². The molecule has 9 nitrogen and oxygen atoms in total. The molecular weight excluding hydrogens is 446 g/mol. The molecule has 0 fully saturated rings. The molecule has 0 bridgehead atoms. The van der Waals surface area contributed by atoms with E-state index in [0.29, 0.717) is 17.7 Å². The number of aromatic carboxylic acids is 1. The van der Waals surface area contributed by atoms with E-state index in [1.807, 2.05) is 12.1 Å². The number of carbonyl (C=O) groups is 1. The number of nitrogens with two attached hydrogens (primary N) is 1. The molecule has 0 heterocycles. The maximum absolute atomic E-state index is 12.6. The molecule has 0 saturated heterocycles. The SMILES string of the molecule is COc1ccc(S(=O)(=O)Nc2ccc(OCCc3ccc(C(=N)N)cc3)c(C(=O)O)c2)cc1. The minimum Gasteiger partial charge on any atom is -0.497 e. The smallest absolute Gasteiger partial charge is 0.339 e. The normalized spacial score (nSPS) is 10.9. The van der Waals surface area contributed by atoms with Crippen molar-refractivity contribution < 1.29 is 27.8 Å². The van der Waals surface area contributed by atoms with Crippen LogP contribution in [0.2, 0.25) is 0 Å². The molecule has 0 aliphatic heterocycles. The van der Waals surface area contributed by atoms with Crippen LogP contribution >= 0.6 is 0 Å². The lowest BCUT2D eigenvalue weighted by Crippen LogP contribution is -2.14. The molecule has 0 radical (unpaired) electrons. The number of hydrogen-bond donors (Lipinski definition) is 4. The molecule has 3 aromatic rings. The van der Waals surface area contributed by atoms with E-state index < -0.39 is 16.0 Å². The lowest BCUT2D eigenvalue weighted by molar-refractivity contribution is 0.0692. The third-order valence-electron chi connectivity index (χ3n) is 4.75. The molecule has 0 spiro atoms. The summed E-state index contributed by atoms with van der Waals surface area (Å²) >= 11 is 0. The molecule has 0 unspecified atom stereocenters. The molecule has 172 valence electrons. The molecule has 0 aliphatic rings. The predicted octanol–water partition coefficient (Wildman–Crippen LogP) is 3.10. The molecule has 3 aromatic carbocycles. The zero-order valence-electron chi connectivity index (χ0n) is 17.7. The van der Waals surface area contributed by atoms with Crippen molar-refractivity contribution in [2.24, 2.45) is 5.73 Å². The van der Waals surface area contributed by atoms with Crippen LogP contribution in [0.4, 0.5) is 5.69 Å². The predicted molar refractivity (Wildman–Crippen MR) is 124 cm³/mol. The largest absolute Gasteiger partial charge is 0.497 e. The molecule has 0 aromatic heterocycles. The van der Waals surface area contributed by atoms with Gasteiger partial charge >= 0.3 is 5.97 Å². The van der Waals surface area contributed by atoms with E-state index in [2.05, 4.69) is 4.72 Å². The van der Waals surface area contributed by atoms with Crippen LogP contribution in [0.15, 0.2) is 71.6 Å². The number of anilines is 1. The van der Waals surface area contributed by atoms with Gasteiger partial charge in [0.1, 0.15) is 22.9 Å². The summed E-state index contributed by atoms with van der Waals surface area (Å²) in [5, 5.41) is 17.0. The van der Waals surface area contributed by atoms with E-state index in [1.54, 1.807) is 12.1 Å². The number of nitrogens with one attached hydrogen (secondary N) is 2. The topological polar surface area (TPSA) is 152 Å². The number of carboxylic acid groups (broad SMARTS) is 1. The average Bonchev–Trinajstić information content (AvgIpc) is 2.80. The monoisotopic (exact) mass is 469 g/mol. The summed E-state index contributed by atoms with van der Waals surface area (Å²) in [6.07, 6.45) is 0.503. The Morgan fingerprint density at radius 2 is 1.73 bits per heavy atom. The zero-order chi connectivity index (χ0) is 24.0. The van der Waals surface area contributed by atoms with Gasteiger partial charge in [0, 0.05) is 17.7 Å². The molecule has 33 heavy (non-hydrogen) atoms. The molecule has 0 aliphatic carbocycles. The highest BCUT2D eigenvalue weighted by molar-refractivity contribution is 7.92. The molecular formula is C23H23N3O6S. The van der Waals surface area contributed by atoms with Crippen molar-refractivity contribution in [3.63, 3.8) is 0 Å². The first kappa shape index (κ1) is 23.6. The fraction of sp³-hybridized carbons (Fsp3) is 0.130. The van der Waals surface area contributed by atoms with E-state index >= 15 is 0 Å². The highest BCUT2D eigenvalue weighted by Gasteiger charge is 2.18. The number of sulfonamides is 1. The summed E-state index contributed by atoms with van der Waals surface area (Å²) in [7, 11) is -2.44. The first-order valence-electron chi connectivity index (χ1n) is 9.80. The zero-order valence-corrected chi connectivity index (χ0v) is 18.6. The van der Waals surface area contributed by atoms with Gasteiger partial charge in [-0.05, 0) is 48.0 Å². The summed E-state index contributed by atoms with van der Waals surface area (Å²) in [6.45, 7) is 0.205. The second kappa shape index (κ2) is 10.0. The maximum Gasteiger partial charge on any atom is 0.339 e. The molecule has 10 heteroatoms. The van der Waals surface area contributed by atoms with Gasteiger partial charge < -0.3 is 20.3 Å². The van der Waals surface area contributed by atoms with Crippen LogP contribution in [0, 0.1) is 5.41 Å². The highest BCUT2D eigenvalue weighted by atomic mass is 32.2. The Morgan fingerprint density at radius 1 is 1.06 bits per heavy atom. The quantitative estimate of drug-likeness (QED) is 0.263. The van der Waals surface area contributed by atoms with Crippen LogP contribution in [0.3, 0.4) is 0 Å². The number of benzene rings is 3. The van der Waals surface area contributed by atoms with Gasteiger partial charge in [0.2, 0.25) is 0 Å². The van der Waals surface area contributed by atoms with Crippen molar-refractivity contribution in [2.75, 3.05) is 18.4 Å². The fourth-order valence-electron chi connectivity index (χ4n) is 2.99. The van der Waals surface area contributed by atoms with Crippen molar-refractivity contribution >= 4 is 27.5 Å². The van der Waals surface area contributed by atoms with Gasteiger partial charge in [-0.1, -0.05) is 24.3 Å². The van der Waals surface area contributed by atoms with E-state index in [-0.39, 0.29) is 34.3 Å². The number of hydrogen-bond acceptors (Lipinski definition) is 6. The number of rotatable bonds is 10. The first-order valence-corrected chi connectivity index (χ1v) is 11.3. The lowest BCUT2D eigenvalue weighted by Gasteiger charge is -2.13. The molecule has 3 rings (SSSR count). The van der Waals surface area contributed by atoms with Crippen molar-refractivity contribution in [3.05, 3.63) is 83.4 Å². The van der Waals surface area contributed by atoms with Crippen LogP contribution in [-0.4, -0.2) is 39.0 Å². The maximum atomic E-state index is 12.6. The van der Waals surface area contributed by atoms with E-state index in [1.165, 1.54) is 49.6 Å². The van der Waals surface area contributed by atoms with Crippen molar-refractivity contribution in [1.82, 2.24) is 0 Å². The Kier molecular flexibility index (Phi) is 7.19. The summed E-state index contributed by atoms with van der Waals surface area (Å²) in [5.41, 5.74) is 6.90. The Hall–Kier alpha value is -4.05. The lowest BCUT2D eigenvalue weighted by atomic mass is 10.1. The third-order valence-corrected chi connectivity index (χ3v) is 6.14. The molecule has 5 N–H and O–H groups in total. The number of carboxylic acids is 1. The van der Waals surface area contributed by atoms with Gasteiger partial charge in [0.15, 0.2) is 0 Å². The molecule has 0 amide bonds. The molecule has 0 saturated carbocycles. The minimum atomic E-state index is -3.92. The van der Waals surface area contributed by atoms with Gasteiger partial charge in [-0.25, -0.2) is 13.2 Å². The van der Waals surface area contributed by atoms with E-state index in [4.69, 9.17) is 20.6 Å². The Labute approximate surface area is 191 Å². The number of nitrogen functional groups attached to an aromatic ring is 1. The second-order valence-corrected chi connectivity index (χ2v) is 8.69. The molecule has 0 atom stereocenters. The fourth-order valence-corrected chi connectivity index (χ4v) is 4.03. The van der Waals surface area contributed by atoms with Crippen LogP contribution in [0.5, 0.6) is 11.5 Å². The van der Waals surface area contributed by atoms with Gasteiger partial charge in [-0.15, -0.1) is 0 Å². The van der Waals surface area contributed by atoms with E-state index in [0.717, 1.165) is 5.56 Å². The second-order valence-electron chi connectivity index (χ2n) is 7.01. The van der Waals surface area contributed by atoms with Crippen molar-refractivity contribution in [2.45, 2.75) is 11.3 Å².